The maximum absolute atomic E-state index is 6.21. The highest BCUT2D eigenvalue weighted by molar-refractivity contribution is 4.95. The van der Waals surface area contributed by atoms with Crippen molar-refractivity contribution in [1.82, 2.24) is 9.80 Å². The van der Waals surface area contributed by atoms with Gasteiger partial charge < -0.3 is 10.6 Å². The van der Waals surface area contributed by atoms with Crippen LogP contribution in [0.3, 0.4) is 0 Å². The molecule has 0 radical (unpaired) electrons. The Morgan fingerprint density at radius 3 is 2.30 bits per heavy atom. The lowest BCUT2D eigenvalue weighted by Gasteiger charge is -2.47. The van der Waals surface area contributed by atoms with Gasteiger partial charge in [0.15, 0.2) is 0 Å². The van der Waals surface area contributed by atoms with E-state index < -0.39 is 0 Å². The van der Waals surface area contributed by atoms with Crippen LogP contribution in [0.5, 0.6) is 0 Å². The van der Waals surface area contributed by atoms with Gasteiger partial charge in [0.2, 0.25) is 0 Å². The SMILES string of the molecule is CCN(CC)CCCN(CC)C1(CN)CCCC(C)C1. The molecule has 0 spiro atoms. The van der Waals surface area contributed by atoms with Crippen LogP contribution in [0.1, 0.15) is 59.8 Å². The molecule has 3 heteroatoms. The Morgan fingerprint density at radius 1 is 1.10 bits per heavy atom. The lowest BCUT2D eigenvalue weighted by molar-refractivity contribution is 0.0402. The molecule has 2 unspecified atom stereocenters. The Bertz CT molecular complexity index is 253. The molecule has 0 aromatic carbocycles. The Hall–Kier alpha value is -0.120. The fraction of sp³-hybridized carbons (Fsp3) is 1.00. The summed E-state index contributed by atoms with van der Waals surface area (Å²) >= 11 is 0. The molecule has 0 aliphatic heterocycles. The van der Waals surface area contributed by atoms with E-state index in [0.717, 1.165) is 19.0 Å². The number of rotatable bonds is 9. The summed E-state index contributed by atoms with van der Waals surface area (Å²) in [6.45, 7) is 15.9. The van der Waals surface area contributed by atoms with Crippen molar-refractivity contribution in [3.05, 3.63) is 0 Å². The van der Waals surface area contributed by atoms with Crippen molar-refractivity contribution in [2.75, 3.05) is 39.3 Å². The van der Waals surface area contributed by atoms with Gasteiger partial charge in [0.05, 0.1) is 0 Å². The van der Waals surface area contributed by atoms with Gasteiger partial charge in [0, 0.05) is 12.1 Å². The average Bonchev–Trinajstić information content (AvgIpc) is 2.47. The van der Waals surface area contributed by atoms with E-state index in [0.29, 0.717) is 0 Å². The lowest BCUT2D eigenvalue weighted by Crippen LogP contribution is -2.56. The third kappa shape index (κ3) is 4.71. The number of nitrogens with zero attached hydrogens (tertiary/aromatic N) is 2. The van der Waals surface area contributed by atoms with Crippen LogP contribution in [-0.4, -0.2) is 54.6 Å². The molecule has 1 fully saturated rings. The Kier molecular flexibility index (Phi) is 8.08. The molecular weight excluding hydrogens is 246 g/mol. The van der Waals surface area contributed by atoms with E-state index in [1.54, 1.807) is 0 Å². The zero-order valence-corrected chi connectivity index (χ0v) is 14.3. The molecule has 120 valence electrons. The van der Waals surface area contributed by atoms with Gasteiger partial charge in [0.1, 0.15) is 0 Å². The fourth-order valence-electron chi connectivity index (χ4n) is 3.99. The van der Waals surface area contributed by atoms with E-state index in [4.69, 9.17) is 5.73 Å². The summed E-state index contributed by atoms with van der Waals surface area (Å²) in [4.78, 5) is 5.21. The van der Waals surface area contributed by atoms with Crippen LogP contribution >= 0.6 is 0 Å². The van der Waals surface area contributed by atoms with Crippen LogP contribution in [0.25, 0.3) is 0 Å². The fourth-order valence-corrected chi connectivity index (χ4v) is 3.99. The molecule has 2 N–H and O–H groups in total. The van der Waals surface area contributed by atoms with Gasteiger partial charge >= 0.3 is 0 Å². The van der Waals surface area contributed by atoms with Gasteiger partial charge in [-0.2, -0.15) is 0 Å². The van der Waals surface area contributed by atoms with Crippen molar-refractivity contribution in [3.63, 3.8) is 0 Å². The van der Waals surface area contributed by atoms with E-state index in [1.165, 1.54) is 58.3 Å². The maximum atomic E-state index is 6.21. The predicted octanol–water partition coefficient (Wildman–Crippen LogP) is 2.95. The third-order valence-corrected chi connectivity index (χ3v) is 5.30. The molecule has 1 saturated carbocycles. The van der Waals surface area contributed by atoms with Gasteiger partial charge in [-0.05, 0) is 57.9 Å². The highest BCUT2D eigenvalue weighted by Crippen LogP contribution is 2.36. The number of likely N-dealkylation sites (N-methyl/N-ethyl adjacent to an activating group) is 1. The second kappa shape index (κ2) is 9.01. The van der Waals surface area contributed by atoms with Gasteiger partial charge in [-0.3, -0.25) is 4.90 Å². The summed E-state index contributed by atoms with van der Waals surface area (Å²) in [6.07, 6.45) is 6.60. The minimum Gasteiger partial charge on any atom is -0.329 e. The summed E-state index contributed by atoms with van der Waals surface area (Å²) in [5.74, 6) is 0.837. The first kappa shape index (κ1) is 17.9. The van der Waals surface area contributed by atoms with Crippen LogP contribution in [0, 0.1) is 5.92 Å². The maximum Gasteiger partial charge on any atom is 0.0334 e. The highest BCUT2D eigenvalue weighted by atomic mass is 15.2. The van der Waals surface area contributed by atoms with Crippen LogP contribution in [-0.2, 0) is 0 Å². The molecule has 0 amide bonds. The quantitative estimate of drug-likeness (QED) is 0.706. The standard InChI is InChI=1S/C17H37N3/c1-5-19(6-2)12-9-13-20(7-3)17(15-18)11-8-10-16(4)14-17/h16H,5-15,18H2,1-4H3. The molecule has 0 aromatic rings. The highest BCUT2D eigenvalue weighted by Gasteiger charge is 2.37. The summed E-state index contributed by atoms with van der Waals surface area (Å²) in [7, 11) is 0. The monoisotopic (exact) mass is 283 g/mol. The summed E-state index contributed by atoms with van der Waals surface area (Å²) in [5.41, 5.74) is 6.50. The van der Waals surface area contributed by atoms with Crippen molar-refractivity contribution in [2.24, 2.45) is 11.7 Å². The minimum absolute atomic E-state index is 0.287. The van der Waals surface area contributed by atoms with Crippen molar-refractivity contribution >= 4 is 0 Å². The molecular formula is C17H37N3. The first-order valence-electron chi connectivity index (χ1n) is 8.79. The second-order valence-electron chi connectivity index (χ2n) is 6.59. The van der Waals surface area contributed by atoms with E-state index in [2.05, 4.69) is 37.5 Å². The van der Waals surface area contributed by atoms with Crippen LogP contribution in [0.4, 0.5) is 0 Å². The molecule has 0 aromatic heterocycles. The van der Waals surface area contributed by atoms with Crippen molar-refractivity contribution in [2.45, 2.75) is 65.3 Å². The van der Waals surface area contributed by atoms with Crippen molar-refractivity contribution < 1.29 is 0 Å². The van der Waals surface area contributed by atoms with Gasteiger partial charge in [0.25, 0.3) is 0 Å². The van der Waals surface area contributed by atoms with Crippen LogP contribution < -0.4 is 5.73 Å². The minimum atomic E-state index is 0.287. The molecule has 2 atom stereocenters. The first-order chi connectivity index (χ1) is 9.61. The van der Waals surface area contributed by atoms with Gasteiger partial charge in [-0.1, -0.05) is 40.5 Å². The van der Waals surface area contributed by atoms with Gasteiger partial charge in [-0.25, -0.2) is 0 Å². The third-order valence-electron chi connectivity index (χ3n) is 5.30. The van der Waals surface area contributed by atoms with E-state index >= 15 is 0 Å². The normalized spacial score (nSPS) is 27.4. The molecule has 1 aliphatic rings. The summed E-state index contributed by atoms with van der Waals surface area (Å²) in [6, 6.07) is 0. The number of nitrogens with two attached hydrogens (primary N) is 1. The molecule has 0 bridgehead atoms. The molecule has 0 heterocycles. The van der Waals surface area contributed by atoms with Crippen LogP contribution in [0.2, 0.25) is 0 Å². The molecule has 3 nitrogen and oxygen atoms in total. The smallest absolute Gasteiger partial charge is 0.0334 e. The lowest BCUT2D eigenvalue weighted by atomic mass is 9.75. The second-order valence-corrected chi connectivity index (χ2v) is 6.59. The molecule has 1 rings (SSSR count). The molecule has 1 aliphatic carbocycles. The number of hydrogen-bond donors (Lipinski definition) is 1. The Balaban J connectivity index is 2.54. The predicted molar refractivity (Wildman–Crippen MR) is 89.1 cm³/mol. The van der Waals surface area contributed by atoms with E-state index in [-0.39, 0.29) is 5.54 Å². The van der Waals surface area contributed by atoms with Crippen LogP contribution in [0.15, 0.2) is 0 Å². The molecule has 0 saturated heterocycles. The largest absolute Gasteiger partial charge is 0.329 e. The van der Waals surface area contributed by atoms with Gasteiger partial charge in [-0.15, -0.1) is 0 Å². The van der Waals surface area contributed by atoms with Crippen molar-refractivity contribution in [1.29, 1.82) is 0 Å². The zero-order chi connectivity index (χ0) is 15.0. The van der Waals surface area contributed by atoms with E-state index in [1.807, 2.05) is 0 Å². The Labute approximate surface area is 126 Å². The zero-order valence-electron chi connectivity index (χ0n) is 14.3. The average molecular weight is 284 g/mol. The molecule has 20 heavy (non-hydrogen) atoms. The van der Waals surface area contributed by atoms with E-state index in [9.17, 15) is 0 Å². The number of hydrogen-bond acceptors (Lipinski definition) is 3. The van der Waals surface area contributed by atoms with Crippen molar-refractivity contribution in [3.8, 4) is 0 Å². The topological polar surface area (TPSA) is 32.5 Å². The first-order valence-corrected chi connectivity index (χ1v) is 8.79. The Morgan fingerprint density at radius 2 is 1.80 bits per heavy atom. The summed E-state index contributed by atoms with van der Waals surface area (Å²) < 4.78 is 0. The summed E-state index contributed by atoms with van der Waals surface area (Å²) in [5, 5.41) is 0.